The molecule has 5 nitrogen and oxygen atoms in total. The topological polar surface area (TPSA) is 55.8 Å². The Morgan fingerprint density at radius 3 is 2.71 bits per heavy atom. The number of hydrogen-bond donors (Lipinski definition) is 2. The van der Waals surface area contributed by atoms with Crippen LogP contribution >= 0.6 is 0 Å². The number of likely N-dealkylation sites (tertiary alicyclic amines) is 1. The molecule has 3 rings (SSSR count). The molecule has 0 bridgehead atoms. The number of nitrogens with one attached hydrogen (secondary N) is 1. The lowest BCUT2D eigenvalue weighted by atomic mass is 9.95. The number of carbonyl (C=O) groups is 1. The first-order valence-electron chi connectivity index (χ1n) is 8.97. The van der Waals surface area contributed by atoms with Gasteiger partial charge in [0.1, 0.15) is 0 Å². The molecule has 1 fully saturated rings. The lowest BCUT2D eigenvalue weighted by Crippen LogP contribution is -2.44. The largest absolute Gasteiger partial charge is 0.387 e. The van der Waals surface area contributed by atoms with Crippen LogP contribution in [0.25, 0.3) is 0 Å². The van der Waals surface area contributed by atoms with Crippen LogP contribution in [0.2, 0.25) is 0 Å². The number of fused-ring (bicyclic) bond motifs is 1. The van der Waals surface area contributed by atoms with Gasteiger partial charge in [-0.1, -0.05) is 24.3 Å². The molecule has 0 radical (unpaired) electrons. The van der Waals surface area contributed by atoms with Crippen molar-refractivity contribution in [2.75, 3.05) is 40.3 Å². The fourth-order valence-electron chi connectivity index (χ4n) is 4.10. The van der Waals surface area contributed by atoms with Crippen molar-refractivity contribution in [3.05, 3.63) is 35.4 Å². The van der Waals surface area contributed by atoms with Crippen LogP contribution in [0.5, 0.6) is 0 Å². The molecule has 1 aromatic rings. The van der Waals surface area contributed by atoms with Crippen molar-refractivity contribution >= 4 is 5.91 Å². The Bertz CT molecular complexity index is 569. The summed E-state index contributed by atoms with van der Waals surface area (Å²) in [5.74, 6) is 0.740. The second-order valence-electron chi connectivity index (χ2n) is 7.25. The third-order valence-electron chi connectivity index (χ3n) is 5.63. The van der Waals surface area contributed by atoms with Crippen molar-refractivity contribution in [2.24, 2.45) is 5.92 Å². The fourth-order valence-corrected chi connectivity index (χ4v) is 4.10. The molecule has 1 aromatic carbocycles. The Hall–Kier alpha value is -1.43. The van der Waals surface area contributed by atoms with Gasteiger partial charge in [-0.15, -0.1) is 0 Å². The maximum Gasteiger partial charge on any atom is 0.233 e. The Morgan fingerprint density at radius 2 is 2.04 bits per heavy atom. The van der Waals surface area contributed by atoms with Crippen molar-refractivity contribution < 1.29 is 9.90 Å². The summed E-state index contributed by atoms with van der Waals surface area (Å²) >= 11 is 0. The Labute approximate surface area is 144 Å². The second-order valence-corrected chi connectivity index (χ2v) is 7.25. The number of piperidine rings is 1. The highest BCUT2D eigenvalue weighted by Crippen LogP contribution is 2.34. The van der Waals surface area contributed by atoms with Gasteiger partial charge in [0.15, 0.2) is 0 Å². The number of likely N-dealkylation sites (N-methyl/N-ethyl adjacent to an activating group) is 2. The minimum absolute atomic E-state index is 0.0948. The minimum Gasteiger partial charge on any atom is -0.387 e. The monoisotopic (exact) mass is 331 g/mol. The van der Waals surface area contributed by atoms with E-state index in [0.29, 0.717) is 12.5 Å². The van der Waals surface area contributed by atoms with Crippen LogP contribution in [0.4, 0.5) is 0 Å². The maximum absolute atomic E-state index is 11.5. The smallest absolute Gasteiger partial charge is 0.233 e. The molecule has 2 aliphatic rings. The standard InChI is InChI=1S/C19H29N3O2/c1-20-18(23)13-22-9-7-14(8-10-22)12-21(2)17-11-15-5-3-4-6-16(15)19(17)24/h3-6,14,17,19,24H,7-13H2,1-2H3,(H,20,23)/t17-,19-/m1/s1. The van der Waals surface area contributed by atoms with Gasteiger partial charge in [-0.2, -0.15) is 0 Å². The lowest BCUT2D eigenvalue weighted by molar-refractivity contribution is -0.122. The number of hydrogen-bond acceptors (Lipinski definition) is 4. The van der Waals surface area contributed by atoms with Gasteiger partial charge in [-0.05, 0) is 56.4 Å². The van der Waals surface area contributed by atoms with Crippen LogP contribution in [0.1, 0.15) is 30.1 Å². The van der Waals surface area contributed by atoms with Crippen LogP contribution in [-0.2, 0) is 11.2 Å². The SMILES string of the molecule is CNC(=O)CN1CCC(CN(C)[C@@H]2Cc3ccccc3[C@H]2O)CC1. The summed E-state index contributed by atoms with van der Waals surface area (Å²) < 4.78 is 0. The average molecular weight is 331 g/mol. The number of nitrogens with zero attached hydrogens (tertiary/aromatic N) is 2. The summed E-state index contributed by atoms with van der Waals surface area (Å²) in [4.78, 5) is 16.0. The molecule has 0 aromatic heterocycles. The van der Waals surface area contributed by atoms with Crippen molar-refractivity contribution in [3.63, 3.8) is 0 Å². The summed E-state index contributed by atoms with van der Waals surface area (Å²) in [5, 5.41) is 13.3. The Morgan fingerprint density at radius 1 is 1.33 bits per heavy atom. The van der Waals surface area contributed by atoms with Crippen molar-refractivity contribution in [1.29, 1.82) is 0 Å². The summed E-state index contributed by atoms with van der Waals surface area (Å²) in [6.07, 6.45) is 2.80. The highest BCUT2D eigenvalue weighted by Gasteiger charge is 2.34. The van der Waals surface area contributed by atoms with E-state index < -0.39 is 0 Å². The lowest BCUT2D eigenvalue weighted by Gasteiger charge is -2.35. The minimum atomic E-state index is -0.375. The van der Waals surface area contributed by atoms with Gasteiger partial charge in [0, 0.05) is 19.6 Å². The predicted octanol–water partition coefficient (Wildman–Crippen LogP) is 1.03. The van der Waals surface area contributed by atoms with E-state index in [1.807, 2.05) is 12.1 Å². The molecule has 0 saturated carbocycles. The number of aliphatic hydroxyl groups excluding tert-OH is 1. The first kappa shape index (κ1) is 17.4. The molecule has 1 aliphatic carbocycles. The molecule has 2 atom stereocenters. The quantitative estimate of drug-likeness (QED) is 0.846. The molecule has 1 aliphatic heterocycles. The van der Waals surface area contributed by atoms with E-state index in [-0.39, 0.29) is 18.1 Å². The number of aliphatic hydroxyl groups is 1. The van der Waals surface area contributed by atoms with Gasteiger partial charge in [-0.25, -0.2) is 0 Å². The van der Waals surface area contributed by atoms with Gasteiger partial charge >= 0.3 is 0 Å². The van der Waals surface area contributed by atoms with Crippen LogP contribution in [0, 0.1) is 5.92 Å². The molecule has 5 heteroatoms. The second kappa shape index (κ2) is 7.64. The van der Waals surface area contributed by atoms with E-state index in [1.165, 1.54) is 5.56 Å². The van der Waals surface area contributed by atoms with E-state index in [1.54, 1.807) is 7.05 Å². The zero-order valence-corrected chi connectivity index (χ0v) is 14.7. The molecular formula is C19H29N3O2. The summed E-state index contributed by atoms with van der Waals surface area (Å²) in [6, 6.07) is 8.42. The number of amides is 1. The Kier molecular flexibility index (Phi) is 5.54. The number of carbonyl (C=O) groups excluding carboxylic acids is 1. The van der Waals surface area contributed by atoms with Crippen LogP contribution < -0.4 is 5.32 Å². The molecular weight excluding hydrogens is 302 g/mol. The number of rotatable bonds is 5. The molecule has 2 N–H and O–H groups in total. The van der Waals surface area contributed by atoms with Crippen molar-refractivity contribution in [3.8, 4) is 0 Å². The molecule has 0 spiro atoms. The first-order valence-corrected chi connectivity index (χ1v) is 8.97. The predicted molar refractivity (Wildman–Crippen MR) is 94.8 cm³/mol. The first-order chi connectivity index (χ1) is 11.6. The van der Waals surface area contributed by atoms with E-state index in [9.17, 15) is 9.90 Å². The molecule has 132 valence electrons. The third-order valence-corrected chi connectivity index (χ3v) is 5.63. The van der Waals surface area contributed by atoms with Crippen molar-refractivity contribution in [1.82, 2.24) is 15.1 Å². The molecule has 24 heavy (non-hydrogen) atoms. The van der Waals surface area contributed by atoms with Gasteiger partial charge in [0.2, 0.25) is 5.91 Å². The van der Waals surface area contributed by atoms with Crippen LogP contribution in [-0.4, -0.2) is 67.1 Å². The Balaban J connectivity index is 1.49. The summed E-state index contributed by atoms with van der Waals surface area (Å²) in [5.41, 5.74) is 2.37. The van der Waals surface area contributed by atoms with E-state index in [2.05, 4.69) is 34.3 Å². The summed E-state index contributed by atoms with van der Waals surface area (Å²) in [6.45, 7) is 3.50. The summed E-state index contributed by atoms with van der Waals surface area (Å²) in [7, 11) is 3.83. The zero-order valence-electron chi connectivity index (χ0n) is 14.7. The van der Waals surface area contributed by atoms with Crippen LogP contribution in [0.15, 0.2) is 24.3 Å². The van der Waals surface area contributed by atoms with E-state index >= 15 is 0 Å². The highest BCUT2D eigenvalue weighted by molar-refractivity contribution is 5.77. The molecule has 0 unspecified atom stereocenters. The highest BCUT2D eigenvalue weighted by atomic mass is 16.3. The van der Waals surface area contributed by atoms with Crippen LogP contribution in [0.3, 0.4) is 0 Å². The molecule has 1 saturated heterocycles. The fraction of sp³-hybridized carbons (Fsp3) is 0.632. The van der Waals surface area contributed by atoms with Gasteiger partial charge in [0.25, 0.3) is 0 Å². The molecule has 1 heterocycles. The van der Waals surface area contributed by atoms with Gasteiger partial charge in [-0.3, -0.25) is 14.6 Å². The van der Waals surface area contributed by atoms with Gasteiger partial charge < -0.3 is 10.4 Å². The van der Waals surface area contributed by atoms with E-state index in [0.717, 1.165) is 44.5 Å². The normalized spacial score (nSPS) is 25.0. The maximum atomic E-state index is 11.5. The van der Waals surface area contributed by atoms with Crippen molar-refractivity contribution in [2.45, 2.75) is 31.4 Å². The number of benzene rings is 1. The molecule has 1 amide bonds. The zero-order chi connectivity index (χ0) is 17.1. The van der Waals surface area contributed by atoms with Gasteiger partial charge in [0.05, 0.1) is 12.6 Å². The third kappa shape index (κ3) is 3.79. The van der Waals surface area contributed by atoms with E-state index in [4.69, 9.17) is 0 Å². The average Bonchev–Trinajstić information content (AvgIpc) is 2.94.